The molecule has 22 heavy (non-hydrogen) atoms. The number of fused-ring (bicyclic) bond motifs is 3. The van der Waals surface area contributed by atoms with Gasteiger partial charge in [0, 0.05) is 16.8 Å². The first-order valence-electron chi connectivity index (χ1n) is 7.34. The highest BCUT2D eigenvalue weighted by Gasteiger charge is 2.33. The number of nitrogens with two attached hydrogens (primary N) is 1. The SMILES string of the molecule is CC.Nc1cccc2c1C(=O)c1c(-c3ccccc3)n[nH]c1-2. The molecule has 0 atom stereocenters. The van der Waals surface area contributed by atoms with Crippen LogP contribution in [0.5, 0.6) is 0 Å². The third-order valence-electron chi connectivity index (χ3n) is 3.63. The Balaban J connectivity index is 0.000000693. The van der Waals surface area contributed by atoms with Gasteiger partial charge in [-0.3, -0.25) is 9.89 Å². The van der Waals surface area contributed by atoms with Crippen LogP contribution in [0.25, 0.3) is 22.5 Å². The van der Waals surface area contributed by atoms with Crippen LogP contribution in [0.1, 0.15) is 29.8 Å². The standard InChI is InChI=1S/C16H11N3O.C2H6/c17-11-8-4-7-10-12(11)16(20)13-14(18-19-15(10)13)9-5-2-1-3-6-9;1-2/h1-8H,17H2,(H,18,19);1-2H3. The highest BCUT2D eigenvalue weighted by Crippen LogP contribution is 2.41. The average molecular weight is 291 g/mol. The summed E-state index contributed by atoms with van der Waals surface area (Å²) >= 11 is 0. The number of nitrogens with zero attached hydrogens (tertiary/aromatic N) is 1. The Morgan fingerprint density at radius 2 is 1.68 bits per heavy atom. The largest absolute Gasteiger partial charge is 0.398 e. The number of carbonyl (C=O) groups is 1. The van der Waals surface area contributed by atoms with E-state index in [1.807, 2.05) is 56.3 Å². The Labute approximate surface area is 129 Å². The summed E-state index contributed by atoms with van der Waals surface area (Å²) in [7, 11) is 0. The van der Waals surface area contributed by atoms with E-state index in [4.69, 9.17) is 5.73 Å². The van der Waals surface area contributed by atoms with Crippen LogP contribution in [0.2, 0.25) is 0 Å². The molecule has 110 valence electrons. The van der Waals surface area contributed by atoms with E-state index in [0.29, 0.717) is 22.5 Å². The Kier molecular flexibility index (Phi) is 3.51. The summed E-state index contributed by atoms with van der Waals surface area (Å²) in [5.41, 5.74) is 10.8. The van der Waals surface area contributed by atoms with Gasteiger partial charge in [0.15, 0.2) is 5.78 Å². The molecule has 0 aliphatic heterocycles. The highest BCUT2D eigenvalue weighted by atomic mass is 16.1. The molecule has 1 heterocycles. The molecule has 0 fully saturated rings. The fourth-order valence-corrected chi connectivity index (χ4v) is 2.72. The first-order chi connectivity index (χ1) is 10.8. The molecule has 4 heteroatoms. The van der Waals surface area contributed by atoms with Gasteiger partial charge in [-0.25, -0.2) is 0 Å². The molecule has 3 N–H and O–H groups in total. The number of anilines is 1. The Hall–Kier alpha value is -2.88. The fourth-order valence-electron chi connectivity index (χ4n) is 2.72. The van der Waals surface area contributed by atoms with Crippen LogP contribution in [0.15, 0.2) is 48.5 Å². The normalized spacial score (nSPS) is 11.5. The molecule has 0 bridgehead atoms. The monoisotopic (exact) mass is 291 g/mol. The lowest BCUT2D eigenvalue weighted by Gasteiger charge is -2.02. The Bertz CT molecular complexity index is 835. The number of ketones is 1. The number of aromatic amines is 1. The number of aromatic nitrogens is 2. The summed E-state index contributed by atoms with van der Waals surface area (Å²) in [5.74, 6) is -0.0549. The third-order valence-corrected chi connectivity index (χ3v) is 3.63. The molecular weight excluding hydrogens is 274 g/mol. The van der Waals surface area contributed by atoms with Gasteiger partial charge < -0.3 is 5.73 Å². The van der Waals surface area contributed by atoms with Crippen molar-refractivity contribution in [2.75, 3.05) is 5.73 Å². The molecule has 3 aromatic rings. The van der Waals surface area contributed by atoms with Gasteiger partial charge in [-0.15, -0.1) is 0 Å². The molecule has 4 nitrogen and oxygen atoms in total. The molecule has 0 unspecified atom stereocenters. The summed E-state index contributed by atoms with van der Waals surface area (Å²) in [6, 6.07) is 15.2. The van der Waals surface area contributed by atoms with Crippen molar-refractivity contribution in [1.82, 2.24) is 10.2 Å². The van der Waals surface area contributed by atoms with Crippen molar-refractivity contribution in [3.8, 4) is 22.5 Å². The fraction of sp³-hybridized carbons (Fsp3) is 0.111. The van der Waals surface area contributed by atoms with Crippen molar-refractivity contribution in [1.29, 1.82) is 0 Å². The lowest BCUT2D eigenvalue weighted by atomic mass is 10.0. The van der Waals surface area contributed by atoms with Crippen molar-refractivity contribution in [3.05, 3.63) is 59.7 Å². The summed E-state index contributed by atoms with van der Waals surface area (Å²) < 4.78 is 0. The highest BCUT2D eigenvalue weighted by molar-refractivity contribution is 6.26. The maximum Gasteiger partial charge on any atom is 0.200 e. The molecule has 1 aliphatic rings. The molecule has 1 aromatic heterocycles. The number of rotatable bonds is 1. The van der Waals surface area contributed by atoms with Gasteiger partial charge in [0.05, 0.1) is 16.8 Å². The number of H-pyrrole nitrogens is 1. The van der Waals surface area contributed by atoms with Gasteiger partial charge >= 0.3 is 0 Å². The van der Waals surface area contributed by atoms with Crippen molar-refractivity contribution in [2.45, 2.75) is 13.8 Å². The number of carbonyl (C=O) groups excluding carboxylic acids is 1. The maximum atomic E-state index is 12.6. The van der Waals surface area contributed by atoms with E-state index in [2.05, 4.69) is 10.2 Å². The molecular formula is C18H17N3O. The van der Waals surface area contributed by atoms with E-state index in [-0.39, 0.29) is 5.78 Å². The van der Waals surface area contributed by atoms with Gasteiger partial charge in [0.1, 0.15) is 5.69 Å². The second-order valence-corrected chi connectivity index (χ2v) is 4.79. The molecule has 0 spiro atoms. The van der Waals surface area contributed by atoms with Gasteiger partial charge in [-0.1, -0.05) is 56.3 Å². The van der Waals surface area contributed by atoms with Gasteiger partial charge in [-0.05, 0) is 6.07 Å². The minimum Gasteiger partial charge on any atom is -0.398 e. The summed E-state index contributed by atoms with van der Waals surface area (Å²) in [6.07, 6.45) is 0. The lowest BCUT2D eigenvalue weighted by molar-refractivity contribution is 0.104. The summed E-state index contributed by atoms with van der Waals surface area (Å²) in [4.78, 5) is 12.6. The Morgan fingerprint density at radius 1 is 0.955 bits per heavy atom. The minimum atomic E-state index is -0.0549. The lowest BCUT2D eigenvalue weighted by Crippen LogP contribution is -2.02. The van der Waals surface area contributed by atoms with Crippen LogP contribution in [-0.2, 0) is 0 Å². The Morgan fingerprint density at radius 3 is 2.41 bits per heavy atom. The van der Waals surface area contributed by atoms with Crippen LogP contribution in [0.3, 0.4) is 0 Å². The van der Waals surface area contributed by atoms with E-state index in [9.17, 15) is 4.79 Å². The van der Waals surface area contributed by atoms with Crippen LogP contribution in [-0.4, -0.2) is 16.0 Å². The van der Waals surface area contributed by atoms with Crippen molar-refractivity contribution < 1.29 is 4.79 Å². The van der Waals surface area contributed by atoms with E-state index >= 15 is 0 Å². The number of benzene rings is 2. The second-order valence-electron chi connectivity index (χ2n) is 4.79. The van der Waals surface area contributed by atoms with E-state index in [1.54, 1.807) is 6.07 Å². The quantitative estimate of drug-likeness (QED) is 0.522. The van der Waals surface area contributed by atoms with E-state index < -0.39 is 0 Å². The van der Waals surface area contributed by atoms with Gasteiger partial charge in [-0.2, -0.15) is 5.10 Å². The zero-order valence-electron chi connectivity index (χ0n) is 12.6. The van der Waals surface area contributed by atoms with Crippen LogP contribution < -0.4 is 5.73 Å². The molecule has 0 saturated carbocycles. The minimum absolute atomic E-state index is 0.0549. The first kappa shape index (κ1) is 14.1. The first-order valence-corrected chi connectivity index (χ1v) is 7.34. The van der Waals surface area contributed by atoms with Crippen LogP contribution >= 0.6 is 0 Å². The molecule has 0 amide bonds. The third kappa shape index (κ3) is 1.92. The van der Waals surface area contributed by atoms with Gasteiger partial charge in [0.25, 0.3) is 0 Å². The molecule has 1 aliphatic carbocycles. The number of hydrogen-bond acceptors (Lipinski definition) is 3. The van der Waals surface area contributed by atoms with Crippen LogP contribution in [0.4, 0.5) is 5.69 Å². The molecule has 2 aromatic carbocycles. The summed E-state index contributed by atoms with van der Waals surface area (Å²) in [5, 5.41) is 7.27. The molecule has 0 saturated heterocycles. The predicted molar refractivity (Wildman–Crippen MR) is 88.7 cm³/mol. The summed E-state index contributed by atoms with van der Waals surface area (Å²) in [6.45, 7) is 4.00. The van der Waals surface area contributed by atoms with Gasteiger partial charge in [0.2, 0.25) is 0 Å². The van der Waals surface area contributed by atoms with Crippen molar-refractivity contribution in [2.24, 2.45) is 0 Å². The predicted octanol–water partition coefficient (Wildman–Crippen LogP) is 3.90. The smallest absolute Gasteiger partial charge is 0.200 e. The number of hydrogen-bond donors (Lipinski definition) is 2. The maximum absolute atomic E-state index is 12.6. The number of nitrogen functional groups attached to an aromatic ring is 1. The topological polar surface area (TPSA) is 71.8 Å². The van der Waals surface area contributed by atoms with E-state index in [0.717, 1.165) is 16.8 Å². The van der Waals surface area contributed by atoms with Crippen LogP contribution in [0, 0.1) is 0 Å². The van der Waals surface area contributed by atoms with Crippen molar-refractivity contribution >= 4 is 11.5 Å². The molecule has 4 rings (SSSR count). The average Bonchev–Trinajstić information content (AvgIpc) is 3.12. The molecule has 0 radical (unpaired) electrons. The van der Waals surface area contributed by atoms with E-state index in [1.165, 1.54) is 0 Å². The zero-order chi connectivity index (χ0) is 15.7. The second kappa shape index (κ2) is 5.48. The van der Waals surface area contributed by atoms with Crippen molar-refractivity contribution in [3.63, 3.8) is 0 Å². The number of nitrogens with one attached hydrogen (secondary N) is 1. The zero-order valence-corrected chi connectivity index (χ0v) is 12.6.